The van der Waals surface area contributed by atoms with Crippen molar-refractivity contribution < 1.29 is 13.2 Å². The Balaban J connectivity index is 1.62. The van der Waals surface area contributed by atoms with E-state index in [0.717, 1.165) is 12.0 Å². The Hall–Kier alpha value is -1.89. The van der Waals surface area contributed by atoms with Crippen LogP contribution >= 0.6 is 11.6 Å². The lowest BCUT2D eigenvalue weighted by molar-refractivity contribution is -0.126. The molecule has 162 valence electrons. The van der Waals surface area contributed by atoms with E-state index in [1.807, 2.05) is 0 Å². The molecule has 5 nitrogen and oxygen atoms in total. The minimum Gasteiger partial charge on any atom is -0.349 e. The molecule has 1 fully saturated rings. The van der Waals surface area contributed by atoms with E-state index in [0.29, 0.717) is 31.0 Å². The second kappa shape index (κ2) is 9.50. The van der Waals surface area contributed by atoms with Crippen LogP contribution in [0.25, 0.3) is 0 Å². The van der Waals surface area contributed by atoms with Crippen molar-refractivity contribution in [2.45, 2.75) is 51.0 Å². The van der Waals surface area contributed by atoms with Gasteiger partial charge >= 0.3 is 0 Å². The van der Waals surface area contributed by atoms with Crippen LogP contribution in [0.4, 0.5) is 0 Å². The summed E-state index contributed by atoms with van der Waals surface area (Å²) in [6, 6.07) is 12.4. The van der Waals surface area contributed by atoms with Gasteiger partial charge in [-0.3, -0.25) is 4.79 Å². The van der Waals surface area contributed by atoms with Gasteiger partial charge in [-0.1, -0.05) is 42.3 Å². The van der Waals surface area contributed by atoms with Gasteiger partial charge in [0.2, 0.25) is 15.9 Å². The largest absolute Gasteiger partial charge is 0.349 e. The fraction of sp³-hybridized carbons (Fsp3) is 0.435. The number of nitrogens with zero attached hydrogens (tertiary/aromatic N) is 1. The van der Waals surface area contributed by atoms with Crippen molar-refractivity contribution in [2.24, 2.45) is 5.92 Å². The molecule has 0 aromatic heterocycles. The van der Waals surface area contributed by atoms with E-state index in [4.69, 9.17) is 11.6 Å². The van der Waals surface area contributed by atoms with Gasteiger partial charge in [0, 0.05) is 24.0 Å². The number of piperidine rings is 1. The number of rotatable bonds is 6. The first-order valence-corrected chi connectivity index (χ1v) is 12.2. The molecule has 1 aliphatic heterocycles. The van der Waals surface area contributed by atoms with Crippen LogP contribution in [0.5, 0.6) is 0 Å². The molecule has 0 saturated carbocycles. The molecule has 30 heavy (non-hydrogen) atoms. The van der Waals surface area contributed by atoms with E-state index in [-0.39, 0.29) is 22.8 Å². The Morgan fingerprint density at radius 1 is 1.13 bits per heavy atom. The van der Waals surface area contributed by atoms with Crippen LogP contribution in [0.3, 0.4) is 0 Å². The molecule has 2 aromatic carbocycles. The number of amides is 1. The summed E-state index contributed by atoms with van der Waals surface area (Å²) in [4.78, 5) is 13.1. The van der Waals surface area contributed by atoms with Crippen LogP contribution in [-0.4, -0.2) is 31.7 Å². The normalized spacial score (nSPS) is 16.9. The standard InChI is InChI=1S/C23H29ClN2O3S/c1-4-22(21-10-5-16(2)15-17(21)3)25-23(27)18-11-13-26(14-12-18)30(28,29)20-8-6-19(24)7-9-20/h5-10,15,18,22H,4,11-14H2,1-3H3,(H,25,27)/t22-/m1/s1. The lowest BCUT2D eigenvalue weighted by Crippen LogP contribution is -2.43. The van der Waals surface area contributed by atoms with Crippen LogP contribution in [0, 0.1) is 19.8 Å². The van der Waals surface area contributed by atoms with Gasteiger partial charge in [-0.15, -0.1) is 0 Å². The zero-order chi connectivity index (χ0) is 21.9. The van der Waals surface area contributed by atoms with Gasteiger partial charge in [0.25, 0.3) is 0 Å². The quantitative estimate of drug-likeness (QED) is 0.700. The Morgan fingerprint density at radius 3 is 2.33 bits per heavy atom. The summed E-state index contributed by atoms with van der Waals surface area (Å²) in [6.45, 7) is 6.86. The van der Waals surface area contributed by atoms with Crippen LogP contribution < -0.4 is 5.32 Å². The SMILES string of the molecule is CC[C@@H](NC(=O)C1CCN(S(=O)(=O)c2ccc(Cl)cc2)CC1)c1ccc(C)cc1C. The molecule has 1 atom stereocenters. The summed E-state index contributed by atoms with van der Waals surface area (Å²) in [6.07, 6.45) is 1.84. The van der Waals surface area contributed by atoms with Gasteiger partial charge < -0.3 is 5.32 Å². The lowest BCUT2D eigenvalue weighted by Gasteiger charge is -2.31. The molecule has 0 bridgehead atoms. The molecule has 3 rings (SSSR count). The van der Waals surface area contributed by atoms with E-state index in [9.17, 15) is 13.2 Å². The molecule has 0 spiro atoms. The maximum Gasteiger partial charge on any atom is 0.243 e. The third-order valence-corrected chi connectivity index (χ3v) is 7.97. The number of benzene rings is 2. The Morgan fingerprint density at radius 2 is 1.77 bits per heavy atom. The van der Waals surface area contributed by atoms with E-state index >= 15 is 0 Å². The van der Waals surface area contributed by atoms with E-state index in [1.165, 1.54) is 27.6 Å². The fourth-order valence-corrected chi connectivity index (χ4v) is 5.62. The molecular formula is C23H29ClN2O3S. The smallest absolute Gasteiger partial charge is 0.243 e. The summed E-state index contributed by atoms with van der Waals surface area (Å²) in [5.41, 5.74) is 3.51. The number of carbonyl (C=O) groups is 1. The van der Waals surface area contributed by atoms with Gasteiger partial charge in [0.05, 0.1) is 10.9 Å². The highest BCUT2D eigenvalue weighted by Gasteiger charge is 2.32. The molecule has 1 N–H and O–H groups in total. The van der Waals surface area contributed by atoms with Crippen molar-refractivity contribution in [1.82, 2.24) is 9.62 Å². The molecule has 1 saturated heterocycles. The predicted octanol–water partition coefficient (Wildman–Crippen LogP) is 4.63. The lowest BCUT2D eigenvalue weighted by atomic mass is 9.94. The highest BCUT2D eigenvalue weighted by atomic mass is 35.5. The summed E-state index contributed by atoms with van der Waals surface area (Å²) >= 11 is 5.86. The van der Waals surface area contributed by atoms with Crippen molar-refractivity contribution in [3.63, 3.8) is 0 Å². The molecule has 0 radical (unpaired) electrons. The molecule has 7 heteroatoms. The minimum atomic E-state index is -3.57. The number of hydrogen-bond donors (Lipinski definition) is 1. The average Bonchev–Trinajstić information content (AvgIpc) is 2.72. The highest BCUT2D eigenvalue weighted by molar-refractivity contribution is 7.89. The van der Waals surface area contributed by atoms with Crippen LogP contribution in [0.15, 0.2) is 47.4 Å². The Labute approximate surface area is 184 Å². The maximum atomic E-state index is 12.9. The van der Waals surface area contributed by atoms with Crippen LogP contribution in [0.1, 0.15) is 48.9 Å². The molecular weight excluding hydrogens is 420 g/mol. The van der Waals surface area contributed by atoms with Crippen molar-refractivity contribution in [3.8, 4) is 0 Å². The molecule has 1 aliphatic rings. The number of aryl methyl sites for hydroxylation is 2. The third kappa shape index (κ3) is 5.05. The van der Waals surface area contributed by atoms with Crippen LogP contribution in [0.2, 0.25) is 5.02 Å². The van der Waals surface area contributed by atoms with Gasteiger partial charge in [-0.25, -0.2) is 8.42 Å². The first-order chi connectivity index (χ1) is 14.2. The van der Waals surface area contributed by atoms with Gasteiger partial charge in [-0.05, 0) is 68.5 Å². The number of carbonyl (C=O) groups excluding carboxylic acids is 1. The molecule has 1 amide bonds. The number of sulfonamides is 1. The van der Waals surface area contributed by atoms with Gasteiger partial charge in [0.15, 0.2) is 0 Å². The maximum absolute atomic E-state index is 12.9. The average molecular weight is 449 g/mol. The third-order valence-electron chi connectivity index (χ3n) is 5.80. The molecule has 0 aliphatic carbocycles. The van der Waals surface area contributed by atoms with Crippen molar-refractivity contribution in [1.29, 1.82) is 0 Å². The van der Waals surface area contributed by atoms with Crippen LogP contribution in [-0.2, 0) is 14.8 Å². The van der Waals surface area contributed by atoms with Gasteiger partial charge in [0.1, 0.15) is 0 Å². The zero-order valence-corrected chi connectivity index (χ0v) is 19.3. The van der Waals surface area contributed by atoms with Gasteiger partial charge in [-0.2, -0.15) is 4.31 Å². The minimum absolute atomic E-state index is 0.00497. The Bertz CT molecular complexity index is 998. The van der Waals surface area contributed by atoms with E-state index in [1.54, 1.807) is 12.1 Å². The molecule has 0 unspecified atom stereocenters. The second-order valence-corrected chi connectivity index (χ2v) is 10.3. The fourth-order valence-electron chi connectivity index (χ4n) is 4.02. The van der Waals surface area contributed by atoms with Crippen molar-refractivity contribution >= 4 is 27.5 Å². The topological polar surface area (TPSA) is 66.5 Å². The number of hydrogen-bond acceptors (Lipinski definition) is 3. The van der Waals surface area contributed by atoms with Crippen molar-refractivity contribution in [2.75, 3.05) is 13.1 Å². The number of nitrogens with one attached hydrogen (secondary N) is 1. The first-order valence-electron chi connectivity index (χ1n) is 10.4. The molecule has 1 heterocycles. The second-order valence-electron chi connectivity index (χ2n) is 7.96. The summed E-state index contributed by atoms with van der Waals surface area (Å²) < 4.78 is 27.1. The monoisotopic (exact) mass is 448 g/mol. The zero-order valence-electron chi connectivity index (χ0n) is 17.7. The van der Waals surface area contributed by atoms with Crippen molar-refractivity contribution in [3.05, 3.63) is 64.2 Å². The number of halogens is 1. The molecule has 2 aromatic rings. The first kappa shape index (κ1) is 22.8. The van der Waals surface area contributed by atoms with E-state index < -0.39 is 10.0 Å². The Kier molecular flexibility index (Phi) is 7.22. The predicted molar refractivity (Wildman–Crippen MR) is 120 cm³/mol. The summed E-state index contributed by atoms with van der Waals surface area (Å²) in [7, 11) is -3.57. The van der Waals surface area contributed by atoms with E-state index in [2.05, 4.69) is 44.3 Å². The summed E-state index contributed by atoms with van der Waals surface area (Å²) in [5.74, 6) is -0.174. The summed E-state index contributed by atoms with van der Waals surface area (Å²) in [5, 5.41) is 3.68. The highest BCUT2D eigenvalue weighted by Crippen LogP contribution is 2.27.